The van der Waals surface area contributed by atoms with E-state index < -0.39 is 10.8 Å². The molecule has 0 spiro atoms. The summed E-state index contributed by atoms with van der Waals surface area (Å²) in [7, 11) is -0.797. The quantitative estimate of drug-likeness (QED) is 0.721. The van der Waals surface area contributed by atoms with Crippen molar-refractivity contribution in [2.24, 2.45) is 11.8 Å². The fraction of sp³-hybridized carbons (Fsp3) is 0.909. The smallest absolute Gasteiger partial charge is 0.136 e. The first kappa shape index (κ1) is 11.9. The Morgan fingerprint density at radius 3 is 2.64 bits per heavy atom. The van der Waals surface area contributed by atoms with Crippen LogP contribution < -0.4 is 0 Å². The molecule has 4 atom stereocenters. The number of carbonyl (C=O) groups excluding carboxylic acids is 1. The van der Waals surface area contributed by atoms with Crippen LogP contribution >= 0.6 is 0 Å². The van der Waals surface area contributed by atoms with Gasteiger partial charge in [0.25, 0.3) is 0 Å². The third-order valence-corrected chi connectivity index (χ3v) is 5.44. The Kier molecular flexibility index (Phi) is 4.30. The van der Waals surface area contributed by atoms with Crippen LogP contribution in [0.3, 0.4) is 0 Å². The van der Waals surface area contributed by atoms with Crippen molar-refractivity contribution in [1.82, 2.24) is 0 Å². The predicted molar refractivity (Wildman–Crippen MR) is 59.7 cm³/mol. The monoisotopic (exact) mass is 216 g/mol. The highest BCUT2D eigenvalue weighted by Crippen LogP contribution is 2.27. The van der Waals surface area contributed by atoms with Crippen LogP contribution in [0.4, 0.5) is 0 Å². The minimum atomic E-state index is -0.797. The van der Waals surface area contributed by atoms with Crippen molar-refractivity contribution in [1.29, 1.82) is 0 Å². The van der Waals surface area contributed by atoms with Gasteiger partial charge in [0.15, 0.2) is 0 Å². The minimum absolute atomic E-state index is 0.0277. The van der Waals surface area contributed by atoms with Crippen molar-refractivity contribution >= 4 is 16.6 Å². The third kappa shape index (κ3) is 2.66. The number of rotatable bonds is 4. The predicted octanol–water partition coefficient (Wildman–Crippen LogP) is 2.15. The van der Waals surface area contributed by atoms with E-state index in [4.69, 9.17) is 0 Å². The van der Waals surface area contributed by atoms with E-state index in [9.17, 15) is 9.00 Å². The van der Waals surface area contributed by atoms with Gasteiger partial charge in [0.1, 0.15) is 5.78 Å². The van der Waals surface area contributed by atoms with E-state index in [-0.39, 0.29) is 11.2 Å². The molecule has 82 valence electrons. The van der Waals surface area contributed by atoms with E-state index in [1.165, 1.54) is 0 Å². The maximum atomic E-state index is 11.9. The lowest BCUT2D eigenvalue weighted by atomic mass is 10.1. The molecule has 1 saturated carbocycles. The summed E-state index contributed by atoms with van der Waals surface area (Å²) >= 11 is 0. The molecule has 3 heteroatoms. The van der Waals surface area contributed by atoms with Crippen LogP contribution in [-0.4, -0.2) is 21.0 Å². The minimum Gasteiger partial charge on any atom is -0.299 e. The molecule has 1 aliphatic rings. The van der Waals surface area contributed by atoms with E-state index >= 15 is 0 Å². The molecule has 0 saturated heterocycles. The molecule has 0 aliphatic heterocycles. The Labute approximate surface area is 88.9 Å². The van der Waals surface area contributed by atoms with Gasteiger partial charge in [0.2, 0.25) is 0 Å². The van der Waals surface area contributed by atoms with E-state index in [1.54, 1.807) is 0 Å². The van der Waals surface area contributed by atoms with Gasteiger partial charge in [-0.05, 0) is 12.3 Å². The largest absolute Gasteiger partial charge is 0.299 e. The zero-order valence-corrected chi connectivity index (χ0v) is 10.1. The van der Waals surface area contributed by atoms with Crippen LogP contribution in [0.25, 0.3) is 0 Å². The maximum Gasteiger partial charge on any atom is 0.136 e. The lowest BCUT2D eigenvalue weighted by Gasteiger charge is -2.16. The number of carbonyl (C=O) groups is 1. The molecule has 1 fully saturated rings. The molecule has 0 aromatic heterocycles. The summed E-state index contributed by atoms with van der Waals surface area (Å²) in [5.74, 6) is 1.60. The molecule has 0 N–H and O–H groups in total. The molecule has 1 aliphatic carbocycles. The first-order valence-electron chi connectivity index (χ1n) is 5.46. The fourth-order valence-electron chi connectivity index (χ4n) is 1.85. The van der Waals surface area contributed by atoms with E-state index in [1.807, 2.05) is 6.92 Å². The molecule has 2 nitrogen and oxygen atoms in total. The van der Waals surface area contributed by atoms with Crippen molar-refractivity contribution < 1.29 is 9.00 Å². The van der Waals surface area contributed by atoms with Gasteiger partial charge in [-0.3, -0.25) is 9.00 Å². The summed E-state index contributed by atoms with van der Waals surface area (Å²) in [5.41, 5.74) is 0. The second kappa shape index (κ2) is 5.06. The highest BCUT2D eigenvalue weighted by atomic mass is 32.2. The normalized spacial score (nSPS) is 31.8. The fourth-order valence-corrected chi connectivity index (χ4v) is 3.88. The van der Waals surface area contributed by atoms with Crippen LogP contribution in [0.2, 0.25) is 0 Å². The van der Waals surface area contributed by atoms with Gasteiger partial charge in [-0.2, -0.15) is 0 Å². The summed E-state index contributed by atoms with van der Waals surface area (Å²) in [6, 6.07) is 0. The lowest BCUT2D eigenvalue weighted by Crippen LogP contribution is -2.25. The van der Waals surface area contributed by atoms with E-state index in [2.05, 4.69) is 13.8 Å². The number of hydrogen-bond acceptors (Lipinski definition) is 2. The average Bonchev–Trinajstić information content (AvgIpc) is 2.47. The van der Waals surface area contributed by atoms with Gasteiger partial charge in [0, 0.05) is 34.1 Å². The van der Waals surface area contributed by atoms with Crippen molar-refractivity contribution in [3.05, 3.63) is 0 Å². The standard InChI is InChI=1S/C11H20O2S/c1-4-8(2)7-14(13)11-6-5-10(12)9(11)3/h8-9,11H,4-7H2,1-3H3. The molecule has 14 heavy (non-hydrogen) atoms. The van der Waals surface area contributed by atoms with Gasteiger partial charge >= 0.3 is 0 Å². The Morgan fingerprint density at radius 2 is 2.21 bits per heavy atom. The second-order valence-corrected chi connectivity index (χ2v) is 6.09. The van der Waals surface area contributed by atoms with Gasteiger partial charge in [0.05, 0.1) is 0 Å². The third-order valence-electron chi connectivity index (χ3n) is 3.22. The van der Waals surface area contributed by atoms with Gasteiger partial charge in [-0.1, -0.05) is 27.2 Å². The molecule has 0 heterocycles. The molecule has 0 aromatic rings. The van der Waals surface area contributed by atoms with Crippen molar-refractivity contribution in [2.45, 2.75) is 45.3 Å². The second-order valence-electron chi connectivity index (χ2n) is 4.39. The summed E-state index contributed by atoms with van der Waals surface area (Å²) < 4.78 is 11.9. The van der Waals surface area contributed by atoms with Crippen molar-refractivity contribution in [3.8, 4) is 0 Å². The highest BCUT2D eigenvalue weighted by molar-refractivity contribution is 7.85. The first-order chi connectivity index (χ1) is 6.56. The zero-order chi connectivity index (χ0) is 10.7. The number of Topliss-reactive ketones (excluding diaryl/α,β-unsaturated/α-hetero) is 1. The van der Waals surface area contributed by atoms with E-state index in [0.717, 1.165) is 18.6 Å². The SMILES string of the molecule is CCC(C)CS(=O)C1CCC(=O)C1C. The Balaban J connectivity index is 2.49. The summed E-state index contributed by atoms with van der Waals surface area (Å²) in [6.45, 7) is 6.17. The molecule has 4 unspecified atom stereocenters. The Morgan fingerprint density at radius 1 is 1.57 bits per heavy atom. The highest BCUT2D eigenvalue weighted by Gasteiger charge is 2.35. The van der Waals surface area contributed by atoms with Gasteiger partial charge in [-0.15, -0.1) is 0 Å². The molecule has 0 bridgehead atoms. The topological polar surface area (TPSA) is 34.1 Å². The van der Waals surface area contributed by atoms with Gasteiger partial charge in [-0.25, -0.2) is 0 Å². The summed E-state index contributed by atoms with van der Waals surface area (Å²) in [5, 5.41) is 0.136. The number of ketones is 1. The van der Waals surface area contributed by atoms with Gasteiger partial charge < -0.3 is 0 Å². The number of hydrogen-bond donors (Lipinski definition) is 0. The molecule has 0 amide bonds. The Bertz CT molecular complexity index is 237. The van der Waals surface area contributed by atoms with Crippen LogP contribution in [0, 0.1) is 11.8 Å². The van der Waals surface area contributed by atoms with Crippen LogP contribution in [0.15, 0.2) is 0 Å². The molecule has 1 rings (SSSR count). The maximum absolute atomic E-state index is 11.9. The summed E-state index contributed by atoms with van der Waals surface area (Å²) in [6.07, 6.45) is 2.54. The first-order valence-corrected chi connectivity index (χ1v) is 6.84. The molecule has 0 radical (unpaired) electrons. The molecular formula is C11H20O2S. The van der Waals surface area contributed by atoms with Crippen LogP contribution in [-0.2, 0) is 15.6 Å². The van der Waals surface area contributed by atoms with E-state index in [0.29, 0.717) is 18.1 Å². The zero-order valence-electron chi connectivity index (χ0n) is 9.29. The van der Waals surface area contributed by atoms with Crippen molar-refractivity contribution in [2.75, 3.05) is 5.75 Å². The van der Waals surface area contributed by atoms with Crippen LogP contribution in [0.1, 0.15) is 40.0 Å². The van der Waals surface area contributed by atoms with Crippen LogP contribution in [0.5, 0.6) is 0 Å². The molecular weight excluding hydrogens is 196 g/mol. The average molecular weight is 216 g/mol. The Hall–Kier alpha value is -0.180. The summed E-state index contributed by atoms with van der Waals surface area (Å²) in [4.78, 5) is 11.3. The molecule has 0 aromatic carbocycles. The lowest BCUT2D eigenvalue weighted by molar-refractivity contribution is -0.120. The van der Waals surface area contributed by atoms with Crippen molar-refractivity contribution in [3.63, 3.8) is 0 Å².